The van der Waals surface area contributed by atoms with Crippen molar-refractivity contribution in [2.24, 2.45) is 23.3 Å². The van der Waals surface area contributed by atoms with E-state index in [1.807, 2.05) is 44.2 Å². The maximum Gasteiger partial charge on any atom is 0.415 e. The van der Waals surface area contributed by atoms with Crippen molar-refractivity contribution < 1.29 is 71.7 Å². The topological polar surface area (TPSA) is 366 Å². The average Bonchev–Trinajstić information content (AvgIpc) is 1.63. The molecular weight excluding hydrogens is 1250 g/mol. The van der Waals surface area contributed by atoms with Crippen molar-refractivity contribution in [1.29, 1.82) is 0 Å². The first-order valence-electron chi connectivity index (χ1n) is 30.9. The number of benzene rings is 4. The number of Topliss-reactive ketones (excluding diaryl/α,β-unsaturated/α-hetero) is 1. The van der Waals surface area contributed by atoms with Gasteiger partial charge in [-0.25, -0.2) is 24.2 Å². The van der Waals surface area contributed by atoms with Crippen LogP contribution >= 0.6 is 11.6 Å². The van der Waals surface area contributed by atoms with Crippen LogP contribution in [0.3, 0.4) is 0 Å². The zero-order chi connectivity index (χ0) is 68.5. The lowest BCUT2D eigenvalue weighted by atomic mass is 9.89. The fourth-order valence-corrected chi connectivity index (χ4v) is 11.2. The van der Waals surface area contributed by atoms with Crippen LogP contribution in [0.5, 0.6) is 5.75 Å². The molecule has 0 radical (unpaired) electrons. The van der Waals surface area contributed by atoms with Crippen molar-refractivity contribution in [2.45, 2.75) is 78.4 Å². The number of urea groups is 1. The Balaban J connectivity index is 0.869. The number of aromatic nitrogens is 2. The molecule has 0 bridgehead atoms. The molecule has 9 N–H and O–H groups in total. The molecule has 8 rings (SSSR count). The summed E-state index contributed by atoms with van der Waals surface area (Å²) in [6.45, 7) is 7.14. The van der Waals surface area contributed by atoms with Crippen molar-refractivity contribution in [1.82, 2.24) is 35.3 Å². The molecule has 0 saturated carbocycles. The predicted octanol–water partition coefficient (Wildman–Crippen LogP) is 7.56. The Hall–Kier alpha value is -10.4. The fourth-order valence-electron chi connectivity index (χ4n) is 10.9. The number of pyridine rings is 1. The van der Waals surface area contributed by atoms with Crippen LogP contribution in [0.2, 0.25) is 0 Å². The standard InChI is InChI=1S/C67H77ClN12O15/c1-39(2)59(76-65(89)93-30-29-92-28-27-79-55(83)21-22-56(79)84)52(81)33-44(10-7-23-71-64(70)88)62(86)73-47-19-15-42(16-20-47)38-94-66(90)77(5)25-26-78(24-8-12-54(69)82)67(91)95-53-34-51-58(57-41(4)9-6-11-49(53)57)46(35-68)37-80(51)63(87)50-32-45-31-48(36-72-60(45)75-50)74-61(85)43-17-13-40(3)14-18-43/h6,9,11,13-22,31-32,34,36,39,44,46,59H,7-8,10,12,23-30,33,35,37-38H2,1-5H3,(H2,69,82)(H,72,75)(H,73,86)(H,74,85)(H,76,89)(H3,70,71,88)/t44-,46-,59+/m1/s1. The summed E-state index contributed by atoms with van der Waals surface area (Å²) in [5, 5.41) is 12.6. The predicted molar refractivity (Wildman–Crippen MR) is 353 cm³/mol. The summed E-state index contributed by atoms with van der Waals surface area (Å²) in [5.41, 5.74) is 16.3. The number of H-pyrrole nitrogens is 1. The molecule has 0 unspecified atom stereocenters. The third kappa shape index (κ3) is 18.9. The third-order valence-electron chi connectivity index (χ3n) is 16.0. The minimum Gasteiger partial charge on any atom is -0.447 e. The zero-order valence-corrected chi connectivity index (χ0v) is 54.1. The van der Waals surface area contributed by atoms with Gasteiger partial charge in [0.15, 0.2) is 5.78 Å². The Morgan fingerprint density at radius 3 is 2.25 bits per heavy atom. The molecule has 4 heterocycles. The minimum atomic E-state index is -1.04. The van der Waals surface area contributed by atoms with Crippen LogP contribution in [-0.2, 0) is 44.8 Å². The number of likely N-dealkylation sites (N-methyl/N-ethyl adjacent to an activating group) is 1. The van der Waals surface area contributed by atoms with Crippen LogP contribution in [-0.4, -0.2) is 168 Å². The Labute approximate surface area is 552 Å². The smallest absolute Gasteiger partial charge is 0.415 e. The summed E-state index contributed by atoms with van der Waals surface area (Å²) < 4.78 is 22.4. The molecule has 0 spiro atoms. The molecule has 502 valence electrons. The number of hydrogen-bond acceptors (Lipinski definition) is 16. The molecular formula is C67H77ClN12O15. The quantitative estimate of drug-likeness (QED) is 0.0125. The second-order valence-corrected chi connectivity index (χ2v) is 23.7. The first-order valence-corrected chi connectivity index (χ1v) is 31.5. The summed E-state index contributed by atoms with van der Waals surface area (Å²) in [6, 6.07) is 22.3. The number of nitrogens with two attached hydrogens (primary N) is 2. The molecule has 28 heteroatoms. The van der Waals surface area contributed by atoms with Crippen molar-refractivity contribution in [3.8, 4) is 5.75 Å². The second-order valence-electron chi connectivity index (χ2n) is 23.4. The van der Waals surface area contributed by atoms with E-state index < -0.39 is 77.5 Å². The number of rotatable bonds is 31. The van der Waals surface area contributed by atoms with Crippen molar-refractivity contribution in [3.63, 3.8) is 0 Å². The van der Waals surface area contributed by atoms with E-state index >= 15 is 0 Å². The highest BCUT2D eigenvalue weighted by Crippen LogP contribution is 2.47. The molecule has 2 aliphatic rings. The number of fused-ring (bicyclic) bond motifs is 4. The van der Waals surface area contributed by atoms with Gasteiger partial charge in [-0.3, -0.25) is 38.5 Å². The van der Waals surface area contributed by atoms with Crippen LogP contribution in [0.25, 0.3) is 21.8 Å². The Morgan fingerprint density at radius 1 is 0.821 bits per heavy atom. The number of primary amides is 2. The molecule has 0 fully saturated rings. The summed E-state index contributed by atoms with van der Waals surface area (Å²) in [5.74, 6) is -4.48. The van der Waals surface area contributed by atoms with Gasteiger partial charge in [0.25, 0.3) is 23.6 Å². The number of alkyl halides is 1. The van der Waals surface area contributed by atoms with Crippen LogP contribution in [0, 0.1) is 25.7 Å². The Bertz CT molecular complexity index is 3880. The summed E-state index contributed by atoms with van der Waals surface area (Å²) in [6.07, 6.45) is 1.66. The molecule has 2 aromatic heterocycles. The van der Waals surface area contributed by atoms with Gasteiger partial charge in [0.05, 0.1) is 43.4 Å². The maximum absolute atomic E-state index is 14.6. The van der Waals surface area contributed by atoms with E-state index in [0.717, 1.165) is 39.1 Å². The van der Waals surface area contributed by atoms with Crippen molar-refractivity contribution in [3.05, 3.63) is 137 Å². The number of alkyl carbamates (subject to hydrolysis) is 1. The van der Waals surface area contributed by atoms with E-state index in [4.69, 9.17) is 42.0 Å². The van der Waals surface area contributed by atoms with Crippen LogP contribution < -0.4 is 42.4 Å². The summed E-state index contributed by atoms with van der Waals surface area (Å²) >= 11 is 6.66. The molecule has 4 aromatic carbocycles. The van der Waals surface area contributed by atoms with Gasteiger partial charge >= 0.3 is 24.3 Å². The van der Waals surface area contributed by atoms with E-state index in [1.54, 1.807) is 73.3 Å². The molecule has 11 amide bonds. The van der Waals surface area contributed by atoms with Crippen molar-refractivity contribution in [2.75, 3.05) is 87.6 Å². The van der Waals surface area contributed by atoms with Gasteiger partial charge in [-0.05, 0) is 97.5 Å². The van der Waals surface area contributed by atoms with E-state index in [9.17, 15) is 52.7 Å². The lowest BCUT2D eigenvalue weighted by Gasteiger charge is -2.26. The number of aromatic amines is 1. The Morgan fingerprint density at radius 2 is 1.56 bits per heavy atom. The number of carbonyl (C=O) groups excluding carboxylic acids is 11. The second kappa shape index (κ2) is 32.9. The van der Waals surface area contributed by atoms with Crippen LogP contribution in [0.4, 0.5) is 36.2 Å². The third-order valence-corrected chi connectivity index (χ3v) is 16.4. The highest BCUT2D eigenvalue weighted by Gasteiger charge is 2.37. The molecule has 2 aliphatic heterocycles. The highest BCUT2D eigenvalue weighted by molar-refractivity contribution is 6.20. The SMILES string of the molecule is Cc1ccc(C(=O)Nc2cnc3[nH]c(C(=O)N4C[C@@H](CCl)c5c4cc(OC(=O)N(CCCC(N)=O)CCN(C)C(=O)OCc4ccc(NC(=O)[C@H](CCCNC(N)=O)CC(=O)[C@@H](NC(=O)OCCOCCN6C(=O)C=CC6=O)C(C)C)cc4)c4cccc(C)c54)cc3c2)cc1. The monoisotopic (exact) mass is 1320 g/mol. The first kappa shape index (κ1) is 70.5. The number of hydrogen-bond donors (Lipinski definition) is 7. The number of ether oxygens (including phenoxy) is 4. The zero-order valence-electron chi connectivity index (χ0n) is 53.3. The van der Waals surface area contributed by atoms with Gasteiger partial charge in [-0.1, -0.05) is 61.9 Å². The molecule has 27 nitrogen and oxygen atoms in total. The number of carbonyl (C=O) groups is 11. The van der Waals surface area contributed by atoms with Gasteiger partial charge in [-0.15, -0.1) is 11.6 Å². The van der Waals surface area contributed by atoms with Gasteiger partial charge in [0, 0.05) is 111 Å². The normalized spacial score (nSPS) is 13.9. The lowest BCUT2D eigenvalue weighted by molar-refractivity contribution is -0.137. The van der Waals surface area contributed by atoms with Crippen molar-refractivity contribution >= 4 is 116 Å². The number of halogens is 1. The number of amides is 11. The lowest BCUT2D eigenvalue weighted by Crippen LogP contribution is -2.46. The van der Waals surface area contributed by atoms with Gasteiger partial charge in [0.1, 0.15) is 30.3 Å². The molecule has 3 atom stereocenters. The van der Waals surface area contributed by atoms with E-state index in [1.165, 1.54) is 23.0 Å². The number of imide groups is 1. The molecule has 0 saturated heterocycles. The van der Waals surface area contributed by atoms with Gasteiger partial charge in [0.2, 0.25) is 11.8 Å². The number of anilines is 3. The van der Waals surface area contributed by atoms with E-state index in [2.05, 4.69) is 31.2 Å². The van der Waals surface area contributed by atoms with Gasteiger partial charge in [-0.2, -0.15) is 0 Å². The number of aryl methyl sites for hydroxylation is 2. The molecule has 6 aromatic rings. The van der Waals surface area contributed by atoms with E-state index in [0.29, 0.717) is 44.6 Å². The number of nitrogens with zero attached hydrogens (tertiary/aromatic N) is 5. The first-order chi connectivity index (χ1) is 45.5. The minimum absolute atomic E-state index is 0.0181. The Kier molecular flexibility index (Phi) is 24.4. The van der Waals surface area contributed by atoms with Gasteiger partial charge < -0.3 is 71.4 Å². The molecule has 95 heavy (non-hydrogen) atoms. The number of nitrogens with one attached hydrogen (secondary N) is 5. The average molecular weight is 1330 g/mol. The highest BCUT2D eigenvalue weighted by atomic mass is 35.5. The largest absolute Gasteiger partial charge is 0.447 e. The van der Waals surface area contributed by atoms with Crippen LogP contribution in [0.1, 0.15) is 95.0 Å². The fraction of sp³-hybridized carbons (Fsp3) is 0.373. The maximum atomic E-state index is 14.6. The summed E-state index contributed by atoms with van der Waals surface area (Å²) in [7, 11) is 1.48. The number of ketones is 1. The summed E-state index contributed by atoms with van der Waals surface area (Å²) in [4.78, 5) is 155. The van der Waals surface area contributed by atoms with Crippen LogP contribution in [0.15, 0.2) is 103 Å². The van der Waals surface area contributed by atoms with E-state index in [-0.39, 0.29) is 127 Å². The molecule has 0 aliphatic carbocycles.